The molecule has 0 aliphatic carbocycles. The monoisotopic (exact) mass is 430 g/mol. The Kier molecular flexibility index (Phi) is 7.02. The van der Waals surface area contributed by atoms with E-state index in [1.54, 1.807) is 23.9 Å². The molecule has 158 valence electrons. The van der Waals surface area contributed by atoms with Crippen LogP contribution >= 0.6 is 11.8 Å². The molecule has 0 spiro atoms. The average Bonchev–Trinajstić information content (AvgIpc) is 3.26. The molecule has 0 fully saturated rings. The van der Waals surface area contributed by atoms with Gasteiger partial charge in [-0.1, -0.05) is 5.16 Å². The molecule has 0 atom stereocenters. The smallest absolute Gasteiger partial charge is 0.319 e. The maximum Gasteiger partial charge on any atom is 0.319 e. The first-order valence-corrected chi connectivity index (χ1v) is 10.1. The van der Waals surface area contributed by atoms with Gasteiger partial charge in [0.05, 0.1) is 27.9 Å². The van der Waals surface area contributed by atoms with Gasteiger partial charge in [-0.25, -0.2) is 4.79 Å². The van der Waals surface area contributed by atoms with Gasteiger partial charge in [0.1, 0.15) is 0 Å². The minimum absolute atomic E-state index is 0.0755. The average molecular weight is 430 g/mol. The molecular weight excluding hydrogens is 408 g/mol. The number of nitrogens with zero attached hydrogens (tertiary/aromatic N) is 2. The molecule has 9 nitrogen and oxygen atoms in total. The first-order valence-electron chi connectivity index (χ1n) is 8.89. The Morgan fingerprint density at radius 1 is 1.07 bits per heavy atom. The van der Waals surface area contributed by atoms with Gasteiger partial charge in [-0.05, 0) is 42.7 Å². The lowest BCUT2D eigenvalue weighted by Gasteiger charge is -2.12. The van der Waals surface area contributed by atoms with Crippen molar-refractivity contribution in [3.05, 3.63) is 42.3 Å². The van der Waals surface area contributed by atoms with Crippen LogP contribution in [0, 0.1) is 0 Å². The summed E-state index contributed by atoms with van der Waals surface area (Å²) in [4.78, 5) is 17.5. The third kappa shape index (κ3) is 4.95. The van der Waals surface area contributed by atoms with E-state index in [0.29, 0.717) is 34.3 Å². The molecular formula is C20H22N4O5S. The fourth-order valence-electron chi connectivity index (χ4n) is 2.66. The predicted molar refractivity (Wildman–Crippen MR) is 113 cm³/mol. The number of hydrogen-bond donors (Lipinski definition) is 2. The molecule has 10 heteroatoms. The molecule has 0 saturated carbocycles. The van der Waals surface area contributed by atoms with E-state index in [1.807, 2.05) is 30.5 Å². The fourth-order valence-corrected chi connectivity index (χ4v) is 3.07. The van der Waals surface area contributed by atoms with E-state index in [0.717, 1.165) is 4.90 Å². The Morgan fingerprint density at radius 3 is 2.30 bits per heavy atom. The summed E-state index contributed by atoms with van der Waals surface area (Å²) in [6, 6.07) is 10.6. The number of carbonyl (C=O) groups is 1. The van der Waals surface area contributed by atoms with E-state index < -0.39 is 0 Å². The van der Waals surface area contributed by atoms with Crippen LogP contribution < -0.4 is 24.8 Å². The van der Waals surface area contributed by atoms with Gasteiger partial charge in [0, 0.05) is 16.1 Å². The summed E-state index contributed by atoms with van der Waals surface area (Å²) < 4.78 is 21.2. The largest absolute Gasteiger partial charge is 0.493 e. The maximum absolute atomic E-state index is 12.1. The lowest BCUT2D eigenvalue weighted by atomic mass is 10.1. The summed E-state index contributed by atoms with van der Waals surface area (Å²) in [5.74, 6) is 2.01. The highest BCUT2D eigenvalue weighted by atomic mass is 32.2. The van der Waals surface area contributed by atoms with E-state index in [1.165, 1.54) is 21.3 Å². The molecule has 3 aromatic rings. The van der Waals surface area contributed by atoms with Crippen LogP contribution in [0.2, 0.25) is 0 Å². The number of ether oxygens (including phenoxy) is 3. The standard InChI is InChI=1S/C20H22N4O5S/c1-26-15-9-12(10-16(27-2)18(15)28-3)19-23-17(29-24-19)11-21-20(25)22-13-5-7-14(30-4)8-6-13/h5-10H,11H2,1-4H3,(H2,21,22,25). The van der Waals surface area contributed by atoms with Crippen LogP contribution in [-0.2, 0) is 6.54 Å². The van der Waals surface area contributed by atoms with Gasteiger partial charge >= 0.3 is 6.03 Å². The van der Waals surface area contributed by atoms with E-state index in [4.69, 9.17) is 18.7 Å². The lowest BCUT2D eigenvalue weighted by Crippen LogP contribution is -2.28. The molecule has 0 bridgehead atoms. The molecule has 3 rings (SSSR count). The number of nitrogens with one attached hydrogen (secondary N) is 2. The number of urea groups is 1. The highest BCUT2D eigenvalue weighted by molar-refractivity contribution is 7.98. The summed E-state index contributed by atoms with van der Waals surface area (Å²) in [6.45, 7) is 0.0755. The minimum Gasteiger partial charge on any atom is -0.493 e. The molecule has 1 aromatic heterocycles. The van der Waals surface area contributed by atoms with Crippen LogP contribution in [0.25, 0.3) is 11.4 Å². The second-order valence-corrected chi connectivity index (χ2v) is 6.84. The van der Waals surface area contributed by atoms with Crippen LogP contribution in [0.5, 0.6) is 17.2 Å². The maximum atomic E-state index is 12.1. The number of aromatic nitrogens is 2. The summed E-state index contributed by atoms with van der Waals surface area (Å²) in [6.07, 6.45) is 1.99. The number of amides is 2. The van der Waals surface area contributed by atoms with E-state index in [2.05, 4.69) is 20.8 Å². The van der Waals surface area contributed by atoms with E-state index >= 15 is 0 Å². The summed E-state index contributed by atoms with van der Waals surface area (Å²) in [5.41, 5.74) is 1.31. The third-order valence-corrected chi connectivity index (χ3v) is 4.88. The highest BCUT2D eigenvalue weighted by Crippen LogP contribution is 2.40. The third-order valence-electron chi connectivity index (χ3n) is 4.14. The van der Waals surface area contributed by atoms with E-state index in [9.17, 15) is 4.79 Å². The Bertz CT molecular complexity index is 982. The Morgan fingerprint density at radius 2 is 1.73 bits per heavy atom. The Balaban J connectivity index is 1.65. The van der Waals surface area contributed by atoms with Crippen molar-refractivity contribution in [1.29, 1.82) is 0 Å². The Labute approximate surface area is 178 Å². The molecule has 1 heterocycles. The van der Waals surface area contributed by atoms with Crippen molar-refractivity contribution >= 4 is 23.5 Å². The SMILES string of the molecule is COc1cc(-c2noc(CNC(=O)Nc3ccc(SC)cc3)n2)cc(OC)c1OC. The van der Waals surface area contributed by atoms with Crippen molar-refractivity contribution in [2.45, 2.75) is 11.4 Å². The second kappa shape index (κ2) is 9.88. The number of rotatable bonds is 8. The number of carbonyl (C=O) groups excluding carboxylic acids is 1. The summed E-state index contributed by atoms with van der Waals surface area (Å²) in [5, 5.41) is 9.39. The molecule has 0 aliphatic rings. The molecule has 30 heavy (non-hydrogen) atoms. The summed E-state index contributed by atoms with van der Waals surface area (Å²) >= 11 is 1.63. The van der Waals surface area contributed by atoms with Crippen LogP contribution in [-0.4, -0.2) is 43.8 Å². The van der Waals surface area contributed by atoms with Crippen LogP contribution in [0.15, 0.2) is 45.8 Å². The number of hydrogen-bond acceptors (Lipinski definition) is 8. The fraction of sp³-hybridized carbons (Fsp3) is 0.250. The van der Waals surface area contributed by atoms with Crippen molar-refractivity contribution < 1.29 is 23.5 Å². The topological polar surface area (TPSA) is 108 Å². The predicted octanol–water partition coefficient (Wildman–Crippen LogP) is 3.81. The van der Waals surface area contributed by atoms with Gasteiger partial charge in [0.2, 0.25) is 17.5 Å². The normalized spacial score (nSPS) is 10.4. The van der Waals surface area contributed by atoms with Crippen molar-refractivity contribution in [2.75, 3.05) is 32.9 Å². The zero-order valence-corrected chi connectivity index (χ0v) is 17.8. The molecule has 2 N–H and O–H groups in total. The zero-order chi connectivity index (χ0) is 21.5. The van der Waals surface area contributed by atoms with Gasteiger partial charge < -0.3 is 29.4 Å². The quantitative estimate of drug-likeness (QED) is 0.520. The van der Waals surface area contributed by atoms with Gasteiger partial charge in [-0.15, -0.1) is 11.8 Å². The first-order chi connectivity index (χ1) is 14.6. The number of methoxy groups -OCH3 is 3. The van der Waals surface area contributed by atoms with Crippen LogP contribution in [0.3, 0.4) is 0 Å². The van der Waals surface area contributed by atoms with Gasteiger partial charge in [0.15, 0.2) is 11.5 Å². The molecule has 0 saturated heterocycles. The minimum atomic E-state index is -0.376. The number of benzene rings is 2. The second-order valence-electron chi connectivity index (χ2n) is 5.96. The van der Waals surface area contributed by atoms with Crippen molar-refractivity contribution in [2.24, 2.45) is 0 Å². The van der Waals surface area contributed by atoms with Crippen molar-refractivity contribution in [1.82, 2.24) is 15.5 Å². The first kappa shape index (κ1) is 21.3. The van der Waals surface area contributed by atoms with E-state index in [-0.39, 0.29) is 18.5 Å². The lowest BCUT2D eigenvalue weighted by molar-refractivity contribution is 0.249. The van der Waals surface area contributed by atoms with Gasteiger partial charge in [-0.3, -0.25) is 0 Å². The van der Waals surface area contributed by atoms with Gasteiger partial charge in [0.25, 0.3) is 0 Å². The van der Waals surface area contributed by atoms with Crippen LogP contribution in [0.4, 0.5) is 10.5 Å². The highest BCUT2D eigenvalue weighted by Gasteiger charge is 2.17. The van der Waals surface area contributed by atoms with Crippen LogP contribution in [0.1, 0.15) is 5.89 Å². The number of anilines is 1. The van der Waals surface area contributed by atoms with Gasteiger partial charge in [-0.2, -0.15) is 4.98 Å². The number of thioether (sulfide) groups is 1. The summed E-state index contributed by atoms with van der Waals surface area (Å²) in [7, 11) is 4.58. The molecule has 2 aromatic carbocycles. The van der Waals surface area contributed by atoms with Crippen molar-refractivity contribution in [3.8, 4) is 28.6 Å². The van der Waals surface area contributed by atoms with Crippen molar-refractivity contribution in [3.63, 3.8) is 0 Å². The zero-order valence-electron chi connectivity index (χ0n) is 17.0. The molecule has 2 amide bonds. The Hall–Kier alpha value is -3.40. The molecule has 0 unspecified atom stereocenters. The molecule has 0 aliphatic heterocycles. The molecule has 0 radical (unpaired) electrons.